The first-order valence-corrected chi connectivity index (χ1v) is 9.63. The zero-order valence-electron chi connectivity index (χ0n) is 15.4. The smallest absolute Gasteiger partial charge is 0.223 e. The van der Waals surface area contributed by atoms with Crippen LogP contribution in [0.15, 0.2) is 54.7 Å². The second-order valence-electron chi connectivity index (χ2n) is 7.37. The van der Waals surface area contributed by atoms with Gasteiger partial charge in [-0.1, -0.05) is 48.0 Å². The summed E-state index contributed by atoms with van der Waals surface area (Å²) in [6, 6.07) is 17.3. The van der Waals surface area contributed by atoms with E-state index in [2.05, 4.69) is 65.5 Å². The van der Waals surface area contributed by atoms with Gasteiger partial charge in [-0.15, -0.1) is 0 Å². The van der Waals surface area contributed by atoms with Crippen molar-refractivity contribution in [1.29, 1.82) is 0 Å². The highest BCUT2D eigenvalue weighted by Gasteiger charge is 2.29. The van der Waals surface area contributed by atoms with E-state index in [1.807, 2.05) is 6.07 Å². The van der Waals surface area contributed by atoms with E-state index < -0.39 is 0 Å². The fourth-order valence-electron chi connectivity index (χ4n) is 4.11. The molecule has 0 spiro atoms. The summed E-state index contributed by atoms with van der Waals surface area (Å²) in [6.07, 6.45) is 6.74. The van der Waals surface area contributed by atoms with Crippen LogP contribution in [0.4, 0.5) is 0 Å². The van der Waals surface area contributed by atoms with Crippen LogP contribution in [0.5, 0.6) is 0 Å². The SMILES string of the molecule is Cc1ccc(C2CCCN2C(=O)CCCc2c[nH]c3ccccc23)cc1. The summed E-state index contributed by atoms with van der Waals surface area (Å²) in [7, 11) is 0. The Bertz CT molecular complexity index is 894. The van der Waals surface area contributed by atoms with Crippen LogP contribution in [0.25, 0.3) is 10.9 Å². The number of nitrogens with zero attached hydrogens (tertiary/aromatic N) is 1. The molecule has 1 saturated heterocycles. The van der Waals surface area contributed by atoms with E-state index in [1.54, 1.807) is 0 Å². The number of fused-ring (bicyclic) bond motifs is 1. The number of H-pyrrole nitrogens is 1. The Morgan fingerprint density at radius 2 is 1.96 bits per heavy atom. The van der Waals surface area contributed by atoms with Crippen LogP contribution in [-0.4, -0.2) is 22.3 Å². The summed E-state index contributed by atoms with van der Waals surface area (Å²) >= 11 is 0. The second kappa shape index (κ2) is 7.36. The quantitative estimate of drug-likeness (QED) is 0.680. The molecule has 1 aromatic heterocycles. The highest BCUT2D eigenvalue weighted by Crippen LogP contribution is 2.32. The van der Waals surface area contributed by atoms with Crippen molar-refractivity contribution in [3.05, 3.63) is 71.4 Å². The monoisotopic (exact) mass is 346 g/mol. The topological polar surface area (TPSA) is 36.1 Å². The first-order valence-electron chi connectivity index (χ1n) is 9.63. The van der Waals surface area contributed by atoms with Gasteiger partial charge in [0.15, 0.2) is 0 Å². The van der Waals surface area contributed by atoms with Crippen molar-refractivity contribution < 1.29 is 4.79 Å². The van der Waals surface area contributed by atoms with Crippen molar-refractivity contribution in [2.75, 3.05) is 6.54 Å². The third-order valence-electron chi connectivity index (χ3n) is 5.55. The molecule has 3 nitrogen and oxygen atoms in total. The van der Waals surface area contributed by atoms with Crippen molar-refractivity contribution in [1.82, 2.24) is 9.88 Å². The average molecular weight is 346 g/mol. The number of aryl methyl sites for hydroxylation is 2. The fraction of sp³-hybridized carbons (Fsp3) is 0.348. The molecule has 3 aromatic rings. The number of likely N-dealkylation sites (tertiary alicyclic amines) is 1. The molecule has 0 aliphatic carbocycles. The minimum atomic E-state index is 0.260. The Morgan fingerprint density at radius 1 is 1.15 bits per heavy atom. The van der Waals surface area contributed by atoms with Gasteiger partial charge in [-0.3, -0.25) is 4.79 Å². The maximum atomic E-state index is 12.8. The van der Waals surface area contributed by atoms with Crippen LogP contribution in [0.1, 0.15) is 48.4 Å². The minimum absolute atomic E-state index is 0.260. The first-order chi connectivity index (χ1) is 12.7. The van der Waals surface area contributed by atoms with Crippen molar-refractivity contribution >= 4 is 16.8 Å². The van der Waals surface area contributed by atoms with E-state index in [-0.39, 0.29) is 6.04 Å². The number of carbonyl (C=O) groups is 1. The van der Waals surface area contributed by atoms with Gasteiger partial charge >= 0.3 is 0 Å². The molecule has 1 N–H and O–H groups in total. The Hall–Kier alpha value is -2.55. The number of amides is 1. The maximum absolute atomic E-state index is 12.8. The number of para-hydroxylation sites is 1. The van der Waals surface area contributed by atoms with Gasteiger partial charge in [-0.2, -0.15) is 0 Å². The van der Waals surface area contributed by atoms with E-state index >= 15 is 0 Å². The molecule has 2 aromatic carbocycles. The third-order valence-corrected chi connectivity index (χ3v) is 5.55. The van der Waals surface area contributed by atoms with Crippen molar-refractivity contribution in [2.24, 2.45) is 0 Å². The Balaban J connectivity index is 1.37. The first kappa shape index (κ1) is 16.9. The van der Waals surface area contributed by atoms with Crippen molar-refractivity contribution in [2.45, 2.75) is 45.1 Å². The van der Waals surface area contributed by atoms with Crippen LogP contribution in [0.3, 0.4) is 0 Å². The lowest BCUT2D eigenvalue weighted by Crippen LogP contribution is -2.30. The third kappa shape index (κ3) is 3.39. The highest BCUT2D eigenvalue weighted by atomic mass is 16.2. The number of rotatable bonds is 5. The normalized spacial score (nSPS) is 17.1. The van der Waals surface area contributed by atoms with Crippen molar-refractivity contribution in [3.63, 3.8) is 0 Å². The summed E-state index contributed by atoms with van der Waals surface area (Å²) in [4.78, 5) is 18.2. The molecule has 26 heavy (non-hydrogen) atoms. The van der Waals surface area contributed by atoms with E-state index in [0.717, 1.165) is 32.2 Å². The number of aromatic nitrogens is 1. The molecule has 0 bridgehead atoms. The number of nitrogens with one attached hydrogen (secondary N) is 1. The number of hydrogen-bond donors (Lipinski definition) is 1. The van der Waals surface area contributed by atoms with Crippen LogP contribution in [-0.2, 0) is 11.2 Å². The molecule has 2 heterocycles. The van der Waals surface area contributed by atoms with Gasteiger partial charge in [0.05, 0.1) is 6.04 Å². The molecule has 1 atom stereocenters. The van der Waals surface area contributed by atoms with Crippen LogP contribution < -0.4 is 0 Å². The summed E-state index contributed by atoms with van der Waals surface area (Å²) < 4.78 is 0. The predicted molar refractivity (Wildman–Crippen MR) is 106 cm³/mol. The minimum Gasteiger partial charge on any atom is -0.361 e. The summed E-state index contributed by atoms with van der Waals surface area (Å²) in [5.74, 6) is 0.299. The molecular formula is C23H26N2O. The Kier molecular flexibility index (Phi) is 4.79. The zero-order chi connectivity index (χ0) is 17.9. The van der Waals surface area contributed by atoms with Gasteiger partial charge in [0.2, 0.25) is 5.91 Å². The number of hydrogen-bond acceptors (Lipinski definition) is 1. The highest BCUT2D eigenvalue weighted by molar-refractivity contribution is 5.83. The van der Waals surface area contributed by atoms with Crippen LogP contribution in [0, 0.1) is 6.92 Å². The summed E-state index contributed by atoms with van der Waals surface area (Å²) in [5, 5.41) is 1.28. The fourth-order valence-corrected chi connectivity index (χ4v) is 4.11. The molecule has 1 aliphatic heterocycles. The lowest BCUT2D eigenvalue weighted by molar-refractivity contribution is -0.132. The molecule has 1 amide bonds. The molecule has 134 valence electrons. The molecule has 0 saturated carbocycles. The van der Waals surface area contributed by atoms with Crippen LogP contribution in [0.2, 0.25) is 0 Å². The van der Waals surface area contributed by atoms with Gasteiger partial charge in [0, 0.05) is 30.1 Å². The summed E-state index contributed by atoms with van der Waals surface area (Å²) in [6.45, 7) is 3.00. The average Bonchev–Trinajstić information content (AvgIpc) is 3.30. The van der Waals surface area contributed by atoms with Gasteiger partial charge < -0.3 is 9.88 Å². The molecule has 4 rings (SSSR count). The zero-order valence-corrected chi connectivity index (χ0v) is 15.4. The molecule has 1 unspecified atom stereocenters. The van der Waals surface area contributed by atoms with Gasteiger partial charge in [-0.25, -0.2) is 0 Å². The molecular weight excluding hydrogens is 320 g/mol. The number of aromatic amines is 1. The van der Waals surface area contributed by atoms with E-state index in [0.29, 0.717) is 12.3 Å². The molecule has 1 fully saturated rings. The Morgan fingerprint density at radius 3 is 2.81 bits per heavy atom. The second-order valence-corrected chi connectivity index (χ2v) is 7.37. The van der Waals surface area contributed by atoms with Crippen molar-refractivity contribution in [3.8, 4) is 0 Å². The van der Waals surface area contributed by atoms with Crippen LogP contribution >= 0.6 is 0 Å². The largest absolute Gasteiger partial charge is 0.361 e. The molecule has 1 aliphatic rings. The predicted octanol–water partition coefficient (Wildman–Crippen LogP) is 5.16. The Labute approximate surface area is 155 Å². The van der Waals surface area contributed by atoms with E-state index in [4.69, 9.17) is 0 Å². The summed E-state index contributed by atoms with van der Waals surface area (Å²) in [5.41, 5.74) is 5.03. The number of carbonyl (C=O) groups excluding carboxylic acids is 1. The lowest BCUT2D eigenvalue weighted by atomic mass is 10.0. The molecule has 0 radical (unpaired) electrons. The van der Waals surface area contributed by atoms with Gasteiger partial charge in [-0.05, 0) is 49.8 Å². The van der Waals surface area contributed by atoms with E-state index in [9.17, 15) is 4.79 Å². The van der Waals surface area contributed by atoms with Gasteiger partial charge in [0.1, 0.15) is 0 Å². The maximum Gasteiger partial charge on any atom is 0.223 e. The number of benzene rings is 2. The standard InChI is InChI=1S/C23H26N2O/c1-17-11-13-18(14-12-17)22-9-5-15-25(22)23(26)10-4-6-19-16-24-21-8-3-2-7-20(19)21/h2-3,7-8,11-14,16,22,24H,4-6,9-10,15H2,1H3. The lowest BCUT2D eigenvalue weighted by Gasteiger charge is -2.25. The molecule has 3 heteroatoms. The van der Waals surface area contributed by atoms with E-state index in [1.165, 1.54) is 27.6 Å². The van der Waals surface area contributed by atoms with Gasteiger partial charge in [0.25, 0.3) is 0 Å².